The molecule has 2 heteroatoms. The first-order valence-electron chi connectivity index (χ1n) is 3.56. The molecule has 0 radical (unpaired) electrons. The highest BCUT2D eigenvalue weighted by Gasteiger charge is 2.23. The van der Waals surface area contributed by atoms with E-state index in [2.05, 4.69) is 0 Å². The second-order valence-corrected chi connectivity index (χ2v) is 3.01. The van der Waals surface area contributed by atoms with Gasteiger partial charge in [0, 0.05) is 0 Å². The molecule has 0 aromatic carbocycles. The third kappa shape index (κ3) is 1.66. The predicted octanol–water partition coefficient (Wildman–Crippen LogP) is 0.528. The van der Waals surface area contributed by atoms with E-state index in [1.165, 1.54) is 0 Å². The summed E-state index contributed by atoms with van der Waals surface area (Å²) in [5, 5.41) is 18.3. The van der Waals surface area contributed by atoms with Crippen molar-refractivity contribution in [2.24, 2.45) is 5.92 Å². The first kappa shape index (κ1) is 7.03. The second kappa shape index (κ2) is 2.67. The average molecular weight is 130 g/mol. The minimum absolute atomic E-state index is 0.164. The molecule has 0 spiro atoms. The summed E-state index contributed by atoms with van der Waals surface area (Å²) >= 11 is 0. The lowest BCUT2D eigenvalue weighted by Gasteiger charge is -2.27. The fourth-order valence-corrected chi connectivity index (χ4v) is 1.35. The summed E-state index contributed by atoms with van der Waals surface area (Å²) in [6.45, 7) is 1.98. The van der Waals surface area contributed by atoms with Gasteiger partial charge in [-0.2, -0.15) is 0 Å². The van der Waals surface area contributed by atoms with E-state index in [1.54, 1.807) is 0 Å². The lowest BCUT2D eigenvalue weighted by molar-refractivity contribution is 0.0142. The number of aliphatic hydroxyl groups excluding tert-OH is 2. The summed E-state index contributed by atoms with van der Waals surface area (Å²) < 4.78 is 0. The molecule has 0 amide bonds. The largest absolute Gasteiger partial charge is 0.393 e. The van der Waals surface area contributed by atoms with Crippen LogP contribution in [0.4, 0.5) is 0 Å². The zero-order valence-corrected chi connectivity index (χ0v) is 5.75. The van der Waals surface area contributed by atoms with Gasteiger partial charge in [0.1, 0.15) is 0 Å². The standard InChI is InChI=1S/C7H14O2/c1-5-4-6(8)2-3-7(5)9/h5-9H,2-4H2,1H3/t5-,6-,7+/m1/s1. The zero-order valence-electron chi connectivity index (χ0n) is 5.75. The maximum Gasteiger partial charge on any atom is 0.0567 e. The van der Waals surface area contributed by atoms with Crippen LogP contribution in [0.3, 0.4) is 0 Å². The Bertz CT molecular complexity index is 92.9. The summed E-state index contributed by atoms with van der Waals surface area (Å²) in [6.07, 6.45) is 1.96. The number of hydrogen-bond donors (Lipinski definition) is 2. The van der Waals surface area contributed by atoms with Gasteiger partial charge in [0.2, 0.25) is 0 Å². The Morgan fingerprint density at radius 1 is 1.22 bits per heavy atom. The van der Waals surface area contributed by atoms with E-state index in [9.17, 15) is 5.11 Å². The highest BCUT2D eigenvalue weighted by molar-refractivity contribution is 4.75. The van der Waals surface area contributed by atoms with Gasteiger partial charge in [-0.05, 0) is 25.2 Å². The molecule has 0 aliphatic heterocycles. The quantitative estimate of drug-likeness (QED) is 0.502. The predicted molar refractivity (Wildman–Crippen MR) is 35.0 cm³/mol. The minimum atomic E-state index is -0.173. The molecule has 1 aliphatic rings. The van der Waals surface area contributed by atoms with Gasteiger partial charge in [-0.1, -0.05) is 6.92 Å². The molecule has 1 saturated carbocycles. The van der Waals surface area contributed by atoms with Crippen LogP contribution in [-0.4, -0.2) is 22.4 Å². The van der Waals surface area contributed by atoms with Crippen molar-refractivity contribution >= 4 is 0 Å². The first-order valence-corrected chi connectivity index (χ1v) is 3.56. The highest BCUT2D eigenvalue weighted by atomic mass is 16.3. The van der Waals surface area contributed by atoms with Crippen LogP contribution in [0.1, 0.15) is 26.2 Å². The normalized spacial score (nSPS) is 45.0. The minimum Gasteiger partial charge on any atom is -0.393 e. The first-order chi connectivity index (χ1) is 4.20. The molecule has 0 unspecified atom stereocenters. The van der Waals surface area contributed by atoms with Crippen LogP contribution in [0, 0.1) is 5.92 Å². The molecule has 1 rings (SSSR count). The zero-order chi connectivity index (χ0) is 6.85. The number of aliphatic hydroxyl groups is 2. The van der Waals surface area contributed by atoms with Crippen molar-refractivity contribution in [2.75, 3.05) is 0 Å². The van der Waals surface area contributed by atoms with Gasteiger partial charge in [-0.15, -0.1) is 0 Å². The van der Waals surface area contributed by atoms with E-state index in [0.717, 1.165) is 19.3 Å². The monoisotopic (exact) mass is 130 g/mol. The Kier molecular flexibility index (Phi) is 2.09. The summed E-state index contributed by atoms with van der Waals surface area (Å²) in [7, 11) is 0. The molecule has 2 nitrogen and oxygen atoms in total. The van der Waals surface area contributed by atoms with Gasteiger partial charge in [0.05, 0.1) is 12.2 Å². The van der Waals surface area contributed by atoms with Crippen molar-refractivity contribution in [3.63, 3.8) is 0 Å². The van der Waals surface area contributed by atoms with Gasteiger partial charge in [-0.25, -0.2) is 0 Å². The van der Waals surface area contributed by atoms with Gasteiger partial charge < -0.3 is 10.2 Å². The van der Waals surface area contributed by atoms with Crippen LogP contribution in [0.5, 0.6) is 0 Å². The molecule has 1 fully saturated rings. The van der Waals surface area contributed by atoms with E-state index in [-0.39, 0.29) is 18.1 Å². The molecule has 2 N–H and O–H groups in total. The van der Waals surface area contributed by atoms with Crippen molar-refractivity contribution in [3.8, 4) is 0 Å². The molecule has 0 aromatic heterocycles. The Balaban J connectivity index is 2.35. The van der Waals surface area contributed by atoms with Crippen molar-refractivity contribution in [3.05, 3.63) is 0 Å². The maximum atomic E-state index is 9.18. The molecule has 0 heterocycles. The molecular weight excluding hydrogens is 116 g/mol. The van der Waals surface area contributed by atoms with Gasteiger partial charge in [-0.3, -0.25) is 0 Å². The molecule has 54 valence electrons. The van der Waals surface area contributed by atoms with Crippen LogP contribution in [0.2, 0.25) is 0 Å². The Morgan fingerprint density at radius 3 is 2.33 bits per heavy atom. The summed E-state index contributed by atoms with van der Waals surface area (Å²) in [5.41, 5.74) is 0. The highest BCUT2D eigenvalue weighted by Crippen LogP contribution is 2.23. The summed E-state index contributed by atoms with van der Waals surface area (Å²) in [5.74, 6) is 0.286. The van der Waals surface area contributed by atoms with Crippen molar-refractivity contribution < 1.29 is 10.2 Å². The molecular formula is C7H14O2. The van der Waals surface area contributed by atoms with E-state index in [4.69, 9.17) is 5.11 Å². The van der Waals surface area contributed by atoms with Crippen LogP contribution < -0.4 is 0 Å². The van der Waals surface area contributed by atoms with E-state index < -0.39 is 0 Å². The SMILES string of the molecule is C[C@@H]1C[C@H](O)CC[C@@H]1O. The lowest BCUT2D eigenvalue weighted by atomic mass is 9.86. The molecule has 1 aliphatic carbocycles. The molecule has 9 heavy (non-hydrogen) atoms. The molecule has 0 bridgehead atoms. The number of rotatable bonds is 0. The third-order valence-corrected chi connectivity index (χ3v) is 2.10. The maximum absolute atomic E-state index is 9.18. The fourth-order valence-electron chi connectivity index (χ4n) is 1.35. The van der Waals surface area contributed by atoms with Crippen LogP contribution in [0.15, 0.2) is 0 Å². The summed E-state index contributed by atoms with van der Waals surface area (Å²) in [4.78, 5) is 0. The van der Waals surface area contributed by atoms with E-state index in [0.29, 0.717) is 0 Å². The Morgan fingerprint density at radius 2 is 1.89 bits per heavy atom. The smallest absolute Gasteiger partial charge is 0.0567 e. The van der Waals surface area contributed by atoms with Crippen molar-refractivity contribution in [1.29, 1.82) is 0 Å². The molecule has 0 saturated heterocycles. The van der Waals surface area contributed by atoms with Crippen LogP contribution in [-0.2, 0) is 0 Å². The van der Waals surface area contributed by atoms with Gasteiger partial charge in [0.25, 0.3) is 0 Å². The third-order valence-electron chi connectivity index (χ3n) is 2.10. The van der Waals surface area contributed by atoms with Crippen LogP contribution >= 0.6 is 0 Å². The Hall–Kier alpha value is -0.0800. The fraction of sp³-hybridized carbons (Fsp3) is 1.00. The van der Waals surface area contributed by atoms with E-state index >= 15 is 0 Å². The topological polar surface area (TPSA) is 40.5 Å². The second-order valence-electron chi connectivity index (χ2n) is 3.01. The van der Waals surface area contributed by atoms with Gasteiger partial charge in [0.15, 0.2) is 0 Å². The number of hydrogen-bond acceptors (Lipinski definition) is 2. The van der Waals surface area contributed by atoms with Crippen LogP contribution in [0.25, 0.3) is 0 Å². The Labute approximate surface area is 55.5 Å². The van der Waals surface area contributed by atoms with E-state index in [1.807, 2.05) is 6.92 Å². The molecule has 3 atom stereocenters. The van der Waals surface area contributed by atoms with Gasteiger partial charge >= 0.3 is 0 Å². The summed E-state index contributed by atoms with van der Waals surface area (Å²) in [6, 6.07) is 0. The van der Waals surface area contributed by atoms with Crippen molar-refractivity contribution in [1.82, 2.24) is 0 Å². The average Bonchev–Trinajstić information content (AvgIpc) is 1.80. The lowest BCUT2D eigenvalue weighted by Crippen LogP contribution is -2.29. The molecule has 0 aromatic rings. The van der Waals surface area contributed by atoms with Crippen molar-refractivity contribution in [2.45, 2.75) is 38.4 Å².